The van der Waals surface area contributed by atoms with Gasteiger partial charge in [0, 0.05) is 24.5 Å². The Balaban J connectivity index is 2.02. The fourth-order valence-corrected chi connectivity index (χ4v) is 4.17. The maximum atomic E-state index is 13.2. The van der Waals surface area contributed by atoms with Gasteiger partial charge in [0.1, 0.15) is 0 Å². The van der Waals surface area contributed by atoms with E-state index in [9.17, 15) is 9.59 Å². The number of rotatable bonds is 8. The van der Waals surface area contributed by atoms with Gasteiger partial charge in [0.05, 0.1) is 29.1 Å². The number of pyridine rings is 1. The van der Waals surface area contributed by atoms with Gasteiger partial charge in [-0.05, 0) is 43.5 Å². The van der Waals surface area contributed by atoms with Crippen molar-refractivity contribution in [2.45, 2.75) is 26.8 Å². The van der Waals surface area contributed by atoms with Crippen molar-refractivity contribution in [3.05, 3.63) is 102 Å². The lowest BCUT2D eigenvalue weighted by Gasteiger charge is -2.15. The highest BCUT2D eigenvalue weighted by Crippen LogP contribution is 2.38. The molecule has 2 heterocycles. The van der Waals surface area contributed by atoms with E-state index in [1.54, 1.807) is 19.3 Å². The molecule has 0 bridgehead atoms. The number of nitrogens with zero attached hydrogens (tertiary/aromatic N) is 2. The third-order valence-corrected chi connectivity index (χ3v) is 5.54. The highest BCUT2D eigenvalue weighted by Gasteiger charge is 2.31. The molecule has 0 aliphatic carbocycles. The van der Waals surface area contributed by atoms with E-state index in [0.717, 1.165) is 17.5 Å². The van der Waals surface area contributed by atoms with Gasteiger partial charge in [-0.25, -0.2) is 4.79 Å². The van der Waals surface area contributed by atoms with E-state index in [1.165, 1.54) is 12.5 Å². The minimum atomic E-state index is -0.495. The van der Waals surface area contributed by atoms with Gasteiger partial charge in [0.15, 0.2) is 5.78 Å². The van der Waals surface area contributed by atoms with Crippen molar-refractivity contribution in [2.24, 2.45) is 0 Å². The van der Waals surface area contributed by atoms with Crippen molar-refractivity contribution in [1.82, 2.24) is 9.55 Å². The molecule has 33 heavy (non-hydrogen) atoms. The molecule has 0 saturated heterocycles. The van der Waals surface area contributed by atoms with Crippen LogP contribution in [-0.4, -0.2) is 27.9 Å². The Labute approximate surface area is 193 Å². The summed E-state index contributed by atoms with van der Waals surface area (Å²) in [5.74, 6) is -0.683. The number of hydrogen-bond acceptors (Lipinski definition) is 4. The molecule has 0 radical (unpaired) electrons. The summed E-state index contributed by atoms with van der Waals surface area (Å²) in [6.07, 6.45) is 4.16. The highest BCUT2D eigenvalue weighted by atomic mass is 16.5. The summed E-state index contributed by atoms with van der Waals surface area (Å²) in [7, 11) is 0. The Kier molecular flexibility index (Phi) is 6.79. The summed E-state index contributed by atoms with van der Waals surface area (Å²) in [6, 6.07) is 23.6. The van der Waals surface area contributed by atoms with Gasteiger partial charge in [-0.3, -0.25) is 9.78 Å². The highest BCUT2D eigenvalue weighted by molar-refractivity contribution is 6.13. The van der Waals surface area contributed by atoms with E-state index in [-0.39, 0.29) is 12.4 Å². The lowest BCUT2D eigenvalue weighted by molar-refractivity contribution is 0.0524. The van der Waals surface area contributed by atoms with E-state index >= 15 is 0 Å². The van der Waals surface area contributed by atoms with Crippen LogP contribution in [0.5, 0.6) is 0 Å². The molecule has 2 aromatic carbocycles. The number of benzene rings is 2. The van der Waals surface area contributed by atoms with Crippen LogP contribution in [0.1, 0.15) is 40.1 Å². The molecule has 4 rings (SSSR count). The molecule has 0 N–H and O–H groups in total. The lowest BCUT2D eigenvalue weighted by Crippen LogP contribution is -2.10. The Hall–Kier alpha value is -3.99. The molecule has 0 saturated carbocycles. The first-order valence-electron chi connectivity index (χ1n) is 11.1. The van der Waals surface area contributed by atoms with Crippen LogP contribution in [0.2, 0.25) is 0 Å². The van der Waals surface area contributed by atoms with Gasteiger partial charge in [-0.2, -0.15) is 0 Å². The third kappa shape index (κ3) is 4.62. The van der Waals surface area contributed by atoms with Crippen LogP contribution < -0.4 is 0 Å². The zero-order chi connectivity index (χ0) is 23.2. The summed E-state index contributed by atoms with van der Waals surface area (Å²) in [4.78, 5) is 30.5. The van der Waals surface area contributed by atoms with Gasteiger partial charge in [-0.1, -0.05) is 60.7 Å². The summed E-state index contributed by atoms with van der Waals surface area (Å²) in [6.45, 7) is 4.07. The maximum Gasteiger partial charge on any atom is 0.341 e. The molecule has 0 amide bonds. The number of hydrogen-bond donors (Lipinski definition) is 0. The molecule has 0 unspecified atom stereocenters. The Morgan fingerprint density at radius 1 is 0.848 bits per heavy atom. The standard InChI is InChI=1S/C28H26N2O3/c1-3-33-28(32)25-24(20(2)31)27(23-15-10-17-29-19-23)30(18-16-21-11-6-4-7-12-21)26(25)22-13-8-5-9-14-22/h4-15,17,19H,3,16,18H2,1-2H3. The molecular weight excluding hydrogens is 412 g/mol. The fourth-order valence-electron chi connectivity index (χ4n) is 4.17. The molecule has 4 aromatic rings. The minimum absolute atomic E-state index is 0.187. The normalized spacial score (nSPS) is 10.7. The van der Waals surface area contributed by atoms with E-state index in [0.29, 0.717) is 29.1 Å². The number of aryl methyl sites for hydroxylation is 1. The zero-order valence-electron chi connectivity index (χ0n) is 18.8. The quantitative estimate of drug-likeness (QED) is 0.256. The lowest BCUT2D eigenvalue weighted by atomic mass is 9.99. The number of carbonyl (C=O) groups excluding carboxylic acids is 2. The number of aromatic nitrogens is 2. The van der Waals surface area contributed by atoms with Crippen molar-refractivity contribution in [2.75, 3.05) is 6.61 Å². The molecule has 0 aliphatic heterocycles. The maximum absolute atomic E-state index is 13.2. The predicted molar refractivity (Wildman–Crippen MR) is 129 cm³/mol. The Morgan fingerprint density at radius 3 is 2.09 bits per heavy atom. The van der Waals surface area contributed by atoms with Gasteiger partial charge < -0.3 is 9.30 Å². The van der Waals surface area contributed by atoms with Gasteiger partial charge in [-0.15, -0.1) is 0 Å². The molecule has 0 atom stereocenters. The van der Waals surface area contributed by atoms with Gasteiger partial charge in [0.2, 0.25) is 0 Å². The second-order valence-electron chi connectivity index (χ2n) is 7.72. The zero-order valence-corrected chi connectivity index (χ0v) is 18.8. The average molecular weight is 439 g/mol. The third-order valence-electron chi connectivity index (χ3n) is 5.54. The van der Waals surface area contributed by atoms with Crippen molar-refractivity contribution in [1.29, 1.82) is 0 Å². The van der Waals surface area contributed by atoms with Crippen LogP contribution in [0.3, 0.4) is 0 Å². The number of Topliss-reactive ketones (excluding diaryl/α,β-unsaturated/α-hetero) is 1. The first kappa shape index (κ1) is 22.2. The first-order valence-corrected chi connectivity index (χ1v) is 11.1. The number of ether oxygens (including phenoxy) is 1. The van der Waals surface area contributed by atoms with Crippen LogP contribution in [-0.2, 0) is 17.7 Å². The van der Waals surface area contributed by atoms with Crippen molar-refractivity contribution in [3.8, 4) is 22.5 Å². The van der Waals surface area contributed by atoms with Crippen molar-refractivity contribution in [3.63, 3.8) is 0 Å². The monoisotopic (exact) mass is 438 g/mol. The molecular formula is C28H26N2O3. The molecule has 5 nitrogen and oxygen atoms in total. The summed E-state index contributed by atoms with van der Waals surface area (Å²) < 4.78 is 7.50. The van der Waals surface area contributed by atoms with Crippen LogP contribution in [0, 0.1) is 0 Å². The van der Waals surface area contributed by atoms with Crippen LogP contribution >= 0.6 is 0 Å². The van der Waals surface area contributed by atoms with Gasteiger partial charge >= 0.3 is 5.97 Å². The first-order chi connectivity index (χ1) is 16.1. The topological polar surface area (TPSA) is 61.2 Å². The molecule has 2 aromatic heterocycles. The molecule has 0 spiro atoms. The van der Waals surface area contributed by atoms with Crippen LogP contribution in [0.25, 0.3) is 22.5 Å². The molecule has 5 heteroatoms. The minimum Gasteiger partial charge on any atom is -0.462 e. The number of esters is 1. The summed E-state index contributed by atoms with van der Waals surface area (Å²) in [5.41, 5.74) is 4.86. The summed E-state index contributed by atoms with van der Waals surface area (Å²) >= 11 is 0. The van der Waals surface area contributed by atoms with Crippen LogP contribution in [0.15, 0.2) is 85.2 Å². The summed E-state index contributed by atoms with van der Waals surface area (Å²) in [5, 5.41) is 0. The number of carbonyl (C=O) groups is 2. The molecule has 0 fully saturated rings. The predicted octanol–water partition coefficient (Wildman–Crippen LogP) is 5.84. The smallest absolute Gasteiger partial charge is 0.341 e. The van der Waals surface area contributed by atoms with E-state index in [2.05, 4.69) is 21.7 Å². The second kappa shape index (κ2) is 10.1. The Morgan fingerprint density at radius 2 is 1.48 bits per heavy atom. The van der Waals surface area contributed by atoms with E-state index < -0.39 is 5.97 Å². The van der Waals surface area contributed by atoms with E-state index in [1.807, 2.05) is 60.7 Å². The average Bonchev–Trinajstić information content (AvgIpc) is 3.20. The van der Waals surface area contributed by atoms with Crippen molar-refractivity contribution >= 4 is 11.8 Å². The van der Waals surface area contributed by atoms with E-state index in [4.69, 9.17) is 4.74 Å². The molecule has 166 valence electrons. The second-order valence-corrected chi connectivity index (χ2v) is 7.72. The van der Waals surface area contributed by atoms with Gasteiger partial charge in [0.25, 0.3) is 0 Å². The Bertz CT molecular complexity index is 1250. The van der Waals surface area contributed by atoms with Crippen molar-refractivity contribution < 1.29 is 14.3 Å². The fraction of sp³-hybridized carbons (Fsp3) is 0.179. The SMILES string of the molecule is CCOC(=O)c1c(C(C)=O)c(-c2cccnc2)n(CCc2ccccc2)c1-c1ccccc1. The van der Waals surface area contributed by atoms with Crippen LogP contribution in [0.4, 0.5) is 0 Å². The largest absolute Gasteiger partial charge is 0.462 e. The molecule has 0 aliphatic rings. The number of ketones is 1.